The van der Waals surface area contributed by atoms with Crippen molar-refractivity contribution in [3.63, 3.8) is 0 Å². The second-order valence-electron chi connectivity index (χ2n) is 6.98. The molecule has 9 heteroatoms. The predicted octanol–water partition coefficient (Wildman–Crippen LogP) is 1.27. The molecule has 1 saturated heterocycles. The summed E-state index contributed by atoms with van der Waals surface area (Å²) in [6, 6.07) is 12.8. The van der Waals surface area contributed by atoms with Gasteiger partial charge in [-0.15, -0.1) is 0 Å². The first kappa shape index (κ1) is 22.1. The number of hydrogen-bond donors (Lipinski definition) is 4. The lowest BCUT2D eigenvalue weighted by Crippen LogP contribution is -2.55. The molecule has 0 saturated carbocycles. The van der Waals surface area contributed by atoms with Gasteiger partial charge in [0.25, 0.3) is 0 Å². The Morgan fingerprint density at radius 2 is 1.73 bits per heavy atom. The quantitative estimate of drug-likeness (QED) is 0.554. The summed E-state index contributed by atoms with van der Waals surface area (Å²) < 4.78 is 34.5. The predicted molar refractivity (Wildman–Crippen MR) is 99.8 cm³/mol. The van der Waals surface area contributed by atoms with Crippen molar-refractivity contribution >= 4 is 0 Å². The highest BCUT2D eigenvalue weighted by Gasteiger charge is 2.44. The maximum absolute atomic E-state index is 12.3. The third-order valence-electron chi connectivity index (χ3n) is 5.01. The van der Waals surface area contributed by atoms with E-state index in [0.29, 0.717) is 23.1 Å². The summed E-state index contributed by atoms with van der Waals surface area (Å²) in [7, 11) is 0. The van der Waals surface area contributed by atoms with E-state index in [2.05, 4.69) is 10.8 Å². The molecule has 2 aromatic rings. The van der Waals surface area contributed by atoms with E-state index in [1.54, 1.807) is 30.3 Å². The third-order valence-corrected chi connectivity index (χ3v) is 5.01. The SMILES string of the molecule is N#Cc1ccc([C@@H]2OC(CO)[C@@H](O)C(O)[C@H]2O)cc1Cc1ccc(OC(F)F)cc1. The molecule has 0 bridgehead atoms. The van der Waals surface area contributed by atoms with Gasteiger partial charge in [-0.3, -0.25) is 0 Å². The summed E-state index contributed by atoms with van der Waals surface area (Å²) in [5.41, 5.74) is 2.16. The van der Waals surface area contributed by atoms with E-state index in [4.69, 9.17) is 4.74 Å². The van der Waals surface area contributed by atoms with Crippen LogP contribution in [0.1, 0.15) is 28.4 Å². The minimum absolute atomic E-state index is 0.0179. The number of nitriles is 1. The van der Waals surface area contributed by atoms with Crippen molar-refractivity contribution in [1.29, 1.82) is 5.26 Å². The molecule has 0 amide bonds. The Morgan fingerprint density at radius 1 is 1.03 bits per heavy atom. The molecular weight excluding hydrogens is 400 g/mol. The average Bonchev–Trinajstić information content (AvgIpc) is 2.73. The van der Waals surface area contributed by atoms with E-state index in [1.807, 2.05) is 0 Å². The standard InChI is InChI=1S/C21H21F2NO6/c22-21(23)29-15-5-1-11(2-6-15)7-14-8-12(3-4-13(14)9-24)20-19(28)18(27)17(26)16(10-25)30-20/h1-6,8,16-21,25-28H,7,10H2/t16?,17-,18?,19-,20+/m1/s1. The molecule has 2 aromatic carbocycles. The number of alkyl halides is 2. The average molecular weight is 421 g/mol. The minimum Gasteiger partial charge on any atom is -0.435 e. The van der Waals surface area contributed by atoms with Gasteiger partial charge in [0, 0.05) is 0 Å². The number of rotatable bonds is 6. The molecule has 1 heterocycles. The largest absolute Gasteiger partial charge is 0.435 e. The lowest BCUT2D eigenvalue weighted by Gasteiger charge is -2.40. The Balaban J connectivity index is 1.86. The molecular formula is C21H21F2NO6. The molecule has 160 valence electrons. The van der Waals surface area contributed by atoms with Gasteiger partial charge in [-0.25, -0.2) is 0 Å². The number of aliphatic hydroxyl groups is 4. The first-order chi connectivity index (χ1) is 14.3. The monoisotopic (exact) mass is 421 g/mol. The molecule has 7 nitrogen and oxygen atoms in total. The maximum Gasteiger partial charge on any atom is 0.387 e. The Kier molecular flexibility index (Phi) is 6.97. The highest BCUT2D eigenvalue weighted by Crippen LogP contribution is 2.33. The van der Waals surface area contributed by atoms with E-state index >= 15 is 0 Å². The molecule has 1 aliphatic heterocycles. The molecule has 0 aliphatic carbocycles. The molecule has 0 radical (unpaired) electrons. The maximum atomic E-state index is 12.3. The first-order valence-corrected chi connectivity index (χ1v) is 9.21. The van der Waals surface area contributed by atoms with Gasteiger partial charge in [0.1, 0.15) is 36.3 Å². The Morgan fingerprint density at radius 3 is 2.33 bits per heavy atom. The van der Waals surface area contributed by atoms with Gasteiger partial charge >= 0.3 is 6.61 Å². The van der Waals surface area contributed by atoms with Crippen molar-refractivity contribution in [2.24, 2.45) is 0 Å². The fourth-order valence-corrected chi connectivity index (χ4v) is 3.43. The molecule has 1 aliphatic rings. The lowest BCUT2D eigenvalue weighted by molar-refractivity contribution is -0.231. The topological polar surface area (TPSA) is 123 Å². The van der Waals surface area contributed by atoms with Gasteiger partial charge in [-0.05, 0) is 41.3 Å². The second-order valence-corrected chi connectivity index (χ2v) is 6.98. The summed E-state index contributed by atoms with van der Waals surface area (Å²) in [5, 5.41) is 49.0. The van der Waals surface area contributed by atoms with Crippen molar-refractivity contribution in [2.75, 3.05) is 6.61 Å². The van der Waals surface area contributed by atoms with Crippen molar-refractivity contribution in [3.8, 4) is 11.8 Å². The van der Waals surface area contributed by atoms with E-state index in [-0.39, 0.29) is 5.75 Å². The molecule has 4 N–H and O–H groups in total. The summed E-state index contributed by atoms with van der Waals surface area (Å²) in [5.74, 6) is 0.0179. The molecule has 5 atom stereocenters. The van der Waals surface area contributed by atoms with Crippen molar-refractivity contribution in [3.05, 3.63) is 64.7 Å². The van der Waals surface area contributed by atoms with Gasteiger partial charge in [-0.2, -0.15) is 14.0 Å². The van der Waals surface area contributed by atoms with E-state index in [9.17, 15) is 34.5 Å². The van der Waals surface area contributed by atoms with Gasteiger partial charge in [0.05, 0.1) is 18.2 Å². The van der Waals surface area contributed by atoms with Crippen LogP contribution in [-0.4, -0.2) is 58.1 Å². The molecule has 2 unspecified atom stereocenters. The molecule has 3 rings (SSSR count). The normalized spacial score (nSPS) is 26.4. The fraction of sp³-hybridized carbons (Fsp3) is 0.381. The van der Waals surface area contributed by atoms with Crippen LogP contribution >= 0.6 is 0 Å². The second kappa shape index (κ2) is 9.47. The van der Waals surface area contributed by atoms with E-state index in [1.165, 1.54) is 12.1 Å². The van der Waals surface area contributed by atoms with Crippen molar-refractivity contribution in [1.82, 2.24) is 0 Å². The van der Waals surface area contributed by atoms with Crippen LogP contribution in [-0.2, 0) is 11.2 Å². The third kappa shape index (κ3) is 4.75. The van der Waals surface area contributed by atoms with Crippen LogP contribution in [0.2, 0.25) is 0 Å². The Bertz CT molecular complexity index is 899. The van der Waals surface area contributed by atoms with Gasteiger partial charge in [0.2, 0.25) is 0 Å². The zero-order chi connectivity index (χ0) is 21.8. The van der Waals surface area contributed by atoms with Gasteiger partial charge in [-0.1, -0.05) is 24.3 Å². The number of nitrogens with zero attached hydrogens (tertiary/aromatic N) is 1. The van der Waals surface area contributed by atoms with E-state index in [0.717, 1.165) is 5.56 Å². The minimum atomic E-state index is -2.92. The van der Waals surface area contributed by atoms with Crippen LogP contribution in [0, 0.1) is 11.3 Å². The molecule has 0 aromatic heterocycles. The smallest absolute Gasteiger partial charge is 0.387 e. The highest BCUT2D eigenvalue weighted by molar-refractivity contribution is 5.44. The molecule has 30 heavy (non-hydrogen) atoms. The highest BCUT2D eigenvalue weighted by atomic mass is 19.3. The molecule has 1 fully saturated rings. The summed E-state index contributed by atoms with van der Waals surface area (Å²) in [6.45, 7) is -3.46. The van der Waals surface area contributed by atoms with Crippen LogP contribution in [0.25, 0.3) is 0 Å². The van der Waals surface area contributed by atoms with Gasteiger partial charge < -0.3 is 29.9 Å². The zero-order valence-corrected chi connectivity index (χ0v) is 15.7. The van der Waals surface area contributed by atoms with E-state index < -0.39 is 43.7 Å². The lowest BCUT2D eigenvalue weighted by atomic mass is 9.89. The number of halogens is 2. The van der Waals surface area contributed by atoms with Crippen LogP contribution in [0.4, 0.5) is 8.78 Å². The van der Waals surface area contributed by atoms with Crippen LogP contribution < -0.4 is 4.74 Å². The van der Waals surface area contributed by atoms with Crippen molar-refractivity contribution < 1.29 is 38.7 Å². The number of aliphatic hydroxyl groups excluding tert-OH is 4. The van der Waals surface area contributed by atoms with Crippen LogP contribution in [0.3, 0.4) is 0 Å². The summed E-state index contributed by atoms with van der Waals surface area (Å²) >= 11 is 0. The number of ether oxygens (including phenoxy) is 2. The first-order valence-electron chi connectivity index (χ1n) is 9.21. The Hall–Kier alpha value is -2.61. The Labute approximate surface area is 171 Å². The van der Waals surface area contributed by atoms with Crippen molar-refractivity contribution in [2.45, 2.75) is 43.6 Å². The van der Waals surface area contributed by atoms with Gasteiger partial charge in [0.15, 0.2) is 0 Å². The summed E-state index contributed by atoms with van der Waals surface area (Å²) in [4.78, 5) is 0. The number of hydrogen-bond acceptors (Lipinski definition) is 7. The summed E-state index contributed by atoms with van der Waals surface area (Å²) in [6.07, 6.45) is -6.18. The zero-order valence-electron chi connectivity index (χ0n) is 15.7. The van der Waals surface area contributed by atoms with Crippen LogP contribution in [0.15, 0.2) is 42.5 Å². The fourth-order valence-electron chi connectivity index (χ4n) is 3.43. The van der Waals surface area contributed by atoms with Crippen LogP contribution in [0.5, 0.6) is 5.75 Å². The number of benzene rings is 2. The molecule has 0 spiro atoms.